The zero-order valence-corrected chi connectivity index (χ0v) is 9.74. The number of hydrogen-bond donors (Lipinski definition) is 0. The highest BCUT2D eigenvalue weighted by Crippen LogP contribution is 2.39. The first-order valence-electron chi connectivity index (χ1n) is 5.65. The SMILES string of the molecule is COC(=O)CC1(Oc2ccc(F)cc2)CCC1. The van der Waals surface area contributed by atoms with Gasteiger partial charge in [0.1, 0.15) is 17.2 Å². The van der Waals surface area contributed by atoms with Crippen molar-refractivity contribution in [1.82, 2.24) is 0 Å². The van der Waals surface area contributed by atoms with Crippen molar-refractivity contribution in [3.8, 4) is 5.75 Å². The Morgan fingerprint density at radius 1 is 1.35 bits per heavy atom. The topological polar surface area (TPSA) is 35.5 Å². The highest BCUT2D eigenvalue weighted by molar-refractivity contribution is 5.70. The first-order chi connectivity index (χ1) is 8.13. The lowest BCUT2D eigenvalue weighted by molar-refractivity contribution is -0.148. The predicted octanol–water partition coefficient (Wildman–Crippen LogP) is 2.69. The van der Waals surface area contributed by atoms with E-state index < -0.39 is 5.60 Å². The maximum Gasteiger partial charge on any atom is 0.309 e. The average Bonchev–Trinajstić information content (AvgIpc) is 2.29. The van der Waals surface area contributed by atoms with E-state index in [-0.39, 0.29) is 18.2 Å². The number of halogens is 1. The van der Waals surface area contributed by atoms with E-state index in [0.717, 1.165) is 19.3 Å². The van der Waals surface area contributed by atoms with Crippen LogP contribution in [0, 0.1) is 5.82 Å². The largest absolute Gasteiger partial charge is 0.487 e. The molecule has 2 rings (SSSR count). The molecule has 1 aromatic rings. The number of esters is 1. The molecule has 0 unspecified atom stereocenters. The lowest BCUT2D eigenvalue weighted by atomic mass is 9.77. The van der Waals surface area contributed by atoms with Gasteiger partial charge in [0.15, 0.2) is 0 Å². The van der Waals surface area contributed by atoms with E-state index >= 15 is 0 Å². The minimum absolute atomic E-state index is 0.251. The maximum atomic E-state index is 12.8. The van der Waals surface area contributed by atoms with Gasteiger partial charge in [-0.1, -0.05) is 0 Å². The van der Waals surface area contributed by atoms with Gasteiger partial charge in [0, 0.05) is 0 Å². The zero-order chi connectivity index (χ0) is 12.3. The van der Waals surface area contributed by atoms with Crippen LogP contribution in [0.25, 0.3) is 0 Å². The Labute approximate surface area is 99.5 Å². The fourth-order valence-corrected chi connectivity index (χ4v) is 1.97. The van der Waals surface area contributed by atoms with Crippen molar-refractivity contribution < 1.29 is 18.7 Å². The molecule has 0 saturated heterocycles. The first kappa shape index (κ1) is 11.9. The standard InChI is InChI=1S/C13H15FO3/c1-16-12(15)9-13(7-2-8-13)17-11-5-3-10(14)4-6-11/h3-6H,2,7-9H2,1H3. The third kappa shape index (κ3) is 2.75. The van der Waals surface area contributed by atoms with Crippen LogP contribution >= 0.6 is 0 Å². The highest BCUT2D eigenvalue weighted by atomic mass is 19.1. The van der Waals surface area contributed by atoms with Gasteiger partial charge in [0.25, 0.3) is 0 Å². The molecule has 0 heterocycles. The van der Waals surface area contributed by atoms with Crippen LogP contribution in [-0.2, 0) is 9.53 Å². The van der Waals surface area contributed by atoms with Crippen LogP contribution in [0.1, 0.15) is 25.7 Å². The summed E-state index contributed by atoms with van der Waals surface area (Å²) in [7, 11) is 1.37. The van der Waals surface area contributed by atoms with Gasteiger partial charge in [-0.05, 0) is 43.5 Å². The Balaban J connectivity index is 2.04. The van der Waals surface area contributed by atoms with E-state index in [2.05, 4.69) is 4.74 Å². The quantitative estimate of drug-likeness (QED) is 0.756. The third-order valence-electron chi connectivity index (χ3n) is 3.11. The minimum atomic E-state index is -0.453. The van der Waals surface area contributed by atoms with Crippen molar-refractivity contribution in [2.75, 3.05) is 7.11 Å². The van der Waals surface area contributed by atoms with E-state index in [1.54, 1.807) is 12.1 Å². The molecular weight excluding hydrogens is 223 g/mol. The number of hydrogen-bond acceptors (Lipinski definition) is 3. The molecule has 0 amide bonds. The number of methoxy groups -OCH3 is 1. The molecule has 1 aliphatic rings. The fourth-order valence-electron chi connectivity index (χ4n) is 1.97. The molecular formula is C13H15FO3. The van der Waals surface area contributed by atoms with Crippen LogP contribution in [0.3, 0.4) is 0 Å². The van der Waals surface area contributed by atoms with E-state index in [4.69, 9.17) is 4.74 Å². The van der Waals surface area contributed by atoms with E-state index in [9.17, 15) is 9.18 Å². The number of ether oxygens (including phenoxy) is 2. The van der Waals surface area contributed by atoms with Gasteiger partial charge >= 0.3 is 5.97 Å². The van der Waals surface area contributed by atoms with Crippen LogP contribution in [-0.4, -0.2) is 18.7 Å². The highest BCUT2D eigenvalue weighted by Gasteiger charge is 2.41. The summed E-state index contributed by atoms with van der Waals surface area (Å²) in [6.07, 6.45) is 2.96. The summed E-state index contributed by atoms with van der Waals surface area (Å²) in [6, 6.07) is 5.85. The van der Waals surface area contributed by atoms with Crippen LogP contribution in [0.2, 0.25) is 0 Å². The van der Waals surface area contributed by atoms with Crippen LogP contribution in [0.4, 0.5) is 4.39 Å². The first-order valence-corrected chi connectivity index (χ1v) is 5.65. The summed E-state index contributed by atoms with van der Waals surface area (Å²) in [5, 5.41) is 0. The molecule has 92 valence electrons. The van der Waals surface area contributed by atoms with Crippen molar-refractivity contribution in [3.63, 3.8) is 0 Å². The van der Waals surface area contributed by atoms with E-state index in [1.807, 2.05) is 0 Å². The average molecular weight is 238 g/mol. The second-order valence-corrected chi connectivity index (χ2v) is 4.35. The lowest BCUT2D eigenvalue weighted by Crippen LogP contribution is -2.45. The van der Waals surface area contributed by atoms with Gasteiger partial charge in [-0.2, -0.15) is 0 Å². The van der Waals surface area contributed by atoms with Gasteiger partial charge in [-0.15, -0.1) is 0 Å². The Hall–Kier alpha value is -1.58. The molecule has 0 spiro atoms. The second kappa shape index (κ2) is 4.73. The van der Waals surface area contributed by atoms with Crippen molar-refractivity contribution in [3.05, 3.63) is 30.1 Å². The second-order valence-electron chi connectivity index (χ2n) is 4.35. The van der Waals surface area contributed by atoms with Gasteiger partial charge in [0.2, 0.25) is 0 Å². The Kier molecular flexibility index (Phi) is 3.31. The molecule has 3 nitrogen and oxygen atoms in total. The van der Waals surface area contributed by atoms with Crippen molar-refractivity contribution in [2.24, 2.45) is 0 Å². The van der Waals surface area contributed by atoms with Gasteiger partial charge in [0.05, 0.1) is 13.5 Å². The normalized spacial score (nSPS) is 17.1. The summed E-state index contributed by atoms with van der Waals surface area (Å²) in [5.41, 5.74) is -0.453. The van der Waals surface area contributed by atoms with Crippen molar-refractivity contribution in [1.29, 1.82) is 0 Å². The number of rotatable bonds is 4. The molecule has 1 saturated carbocycles. The Morgan fingerprint density at radius 3 is 2.47 bits per heavy atom. The Morgan fingerprint density at radius 2 is 2.00 bits per heavy atom. The van der Waals surface area contributed by atoms with E-state index in [0.29, 0.717) is 5.75 Å². The molecule has 1 fully saturated rings. The molecule has 1 aliphatic carbocycles. The molecule has 0 aliphatic heterocycles. The van der Waals surface area contributed by atoms with Gasteiger partial charge in [-0.3, -0.25) is 4.79 Å². The monoisotopic (exact) mass is 238 g/mol. The van der Waals surface area contributed by atoms with Crippen molar-refractivity contribution >= 4 is 5.97 Å². The molecule has 0 radical (unpaired) electrons. The molecule has 17 heavy (non-hydrogen) atoms. The molecule has 0 atom stereocenters. The predicted molar refractivity (Wildman–Crippen MR) is 60.2 cm³/mol. The third-order valence-corrected chi connectivity index (χ3v) is 3.11. The zero-order valence-electron chi connectivity index (χ0n) is 9.74. The van der Waals surface area contributed by atoms with Crippen LogP contribution in [0.15, 0.2) is 24.3 Å². The summed E-state index contributed by atoms with van der Waals surface area (Å²) in [4.78, 5) is 11.3. The molecule has 4 heteroatoms. The summed E-state index contributed by atoms with van der Waals surface area (Å²) in [6.45, 7) is 0. The fraction of sp³-hybridized carbons (Fsp3) is 0.462. The van der Waals surface area contributed by atoms with Gasteiger partial charge in [-0.25, -0.2) is 4.39 Å². The van der Waals surface area contributed by atoms with Crippen LogP contribution in [0.5, 0.6) is 5.75 Å². The maximum absolute atomic E-state index is 12.8. The van der Waals surface area contributed by atoms with Gasteiger partial charge < -0.3 is 9.47 Å². The summed E-state index contributed by atoms with van der Waals surface area (Å²) >= 11 is 0. The number of carbonyl (C=O) groups is 1. The smallest absolute Gasteiger partial charge is 0.309 e. The summed E-state index contributed by atoms with van der Waals surface area (Å²) in [5.74, 6) is 0.0230. The molecule has 0 N–H and O–H groups in total. The minimum Gasteiger partial charge on any atom is -0.487 e. The van der Waals surface area contributed by atoms with Crippen LogP contribution < -0.4 is 4.74 Å². The lowest BCUT2D eigenvalue weighted by Gasteiger charge is -2.41. The number of carbonyl (C=O) groups excluding carboxylic acids is 1. The van der Waals surface area contributed by atoms with E-state index in [1.165, 1.54) is 19.2 Å². The molecule has 1 aromatic carbocycles. The summed E-state index contributed by atoms with van der Waals surface area (Å²) < 4.78 is 23.2. The van der Waals surface area contributed by atoms with Crippen molar-refractivity contribution in [2.45, 2.75) is 31.3 Å². The number of benzene rings is 1. The molecule has 0 aromatic heterocycles. The molecule has 0 bridgehead atoms. The Bertz CT molecular complexity index is 396.